The molecule has 0 radical (unpaired) electrons. The molecule has 2 aromatic rings. The molecule has 1 aliphatic heterocycles. The van der Waals surface area contributed by atoms with Crippen LogP contribution in [-0.4, -0.2) is 28.5 Å². The Balaban J connectivity index is 1.80. The molecule has 0 amide bonds. The molecule has 1 aromatic heterocycles. The molecule has 3 rings (SSSR count). The molecule has 2 heterocycles. The van der Waals surface area contributed by atoms with Gasteiger partial charge in [-0.15, -0.1) is 0 Å². The van der Waals surface area contributed by atoms with E-state index in [1.54, 1.807) is 6.07 Å². The standard InChI is InChI=1S/C13H16N4O3/c1-8-6-9(4-5-14-8)15-13-16-11-7-10(17(18)19)2-3-12(11)20-13/h2-3,7-9,14H,4-6H2,1H3,(H,15,16). The summed E-state index contributed by atoms with van der Waals surface area (Å²) in [5.41, 5.74) is 1.08. The summed E-state index contributed by atoms with van der Waals surface area (Å²) in [5, 5.41) is 17.4. The summed E-state index contributed by atoms with van der Waals surface area (Å²) >= 11 is 0. The van der Waals surface area contributed by atoms with Crippen LogP contribution >= 0.6 is 0 Å². The lowest BCUT2D eigenvalue weighted by Gasteiger charge is -2.27. The summed E-state index contributed by atoms with van der Waals surface area (Å²) in [6.07, 6.45) is 2.00. The summed E-state index contributed by atoms with van der Waals surface area (Å²) in [4.78, 5) is 14.6. The van der Waals surface area contributed by atoms with Crippen molar-refractivity contribution in [1.29, 1.82) is 0 Å². The number of nitrogens with zero attached hydrogens (tertiary/aromatic N) is 2. The number of nitrogens with one attached hydrogen (secondary N) is 2. The smallest absolute Gasteiger partial charge is 0.295 e. The molecule has 0 spiro atoms. The van der Waals surface area contributed by atoms with Crippen molar-refractivity contribution in [2.45, 2.75) is 31.8 Å². The van der Waals surface area contributed by atoms with E-state index in [4.69, 9.17) is 4.42 Å². The van der Waals surface area contributed by atoms with Gasteiger partial charge in [0.25, 0.3) is 11.7 Å². The zero-order valence-corrected chi connectivity index (χ0v) is 11.1. The molecular weight excluding hydrogens is 260 g/mol. The van der Waals surface area contributed by atoms with Crippen LogP contribution < -0.4 is 10.6 Å². The van der Waals surface area contributed by atoms with E-state index in [-0.39, 0.29) is 5.69 Å². The van der Waals surface area contributed by atoms with Gasteiger partial charge in [0.2, 0.25) is 0 Å². The van der Waals surface area contributed by atoms with Crippen molar-refractivity contribution in [3.63, 3.8) is 0 Å². The van der Waals surface area contributed by atoms with E-state index in [1.807, 2.05) is 0 Å². The van der Waals surface area contributed by atoms with E-state index in [2.05, 4.69) is 22.5 Å². The van der Waals surface area contributed by atoms with Crippen LogP contribution in [0.25, 0.3) is 11.1 Å². The fraction of sp³-hybridized carbons (Fsp3) is 0.462. The fourth-order valence-electron chi connectivity index (χ4n) is 2.53. The minimum Gasteiger partial charge on any atom is -0.424 e. The quantitative estimate of drug-likeness (QED) is 0.660. The van der Waals surface area contributed by atoms with Gasteiger partial charge in [-0.25, -0.2) is 0 Å². The molecule has 1 aromatic carbocycles. The maximum absolute atomic E-state index is 10.7. The van der Waals surface area contributed by atoms with Gasteiger partial charge < -0.3 is 15.1 Å². The van der Waals surface area contributed by atoms with Crippen molar-refractivity contribution >= 4 is 22.8 Å². The predicted molar refractivity (Wildman–Crippen MR) is 74.8 cm³/mol. The van der Waals surface area contributed by atoms with E-state index >= 15 is 0 Å². The van der Waals surface area contributed by atoms with Gasteiger partial charge in [0.05, 0.1) is 4.92 Å². The van der Waals surface area contributed by atoms with Crippen molar-refractivity contribution < 1.29 is 9.34 Å². The second kappa shape index (κ2) is 5.09. The third-order valence-electron chi connectivity index (χ3n) is 3.53. The van der Waals surface area contributed by atoms with Crippen LogP contribution in [0.3, 0.4) is 0 Å². The van der Waals surface area contributed by atoms with E-state index in [0.717, 1.165) is 19.4 Å². The number of non-ortho nitro benzene ring substituents is 1. The van der Waals surface area contributed by atoms with Crippen LogP contribution in [-0.2, 0) is 0 Å². The van der Waals surface area contributed by atoms with Gasteiger partial charge in [-0.3, -0.25) is 10.1 Å². The first-order valence-electron chi connectivity index (χ1n) is 6.67. The van der Waals surface area contributed by atoms with Crippen molar-refractivity contribution in [3.05, 3.63) is 28.3 Å². The van der Waals surface area contributed by atoms with Gasteiger partial charge in [-0.2, -0.15) is 4.98 Å². The normalized spacial score (nSPS) is 22.9. The SMILES string of the molecule is CC1CC(Nc2nc3cc([N+](=O)[O-])ccc3o2)CCN1. The van der Waals surface area contributed by atoms with Crippen LogP contribution in [0.5, 0.6) is 0 Å². The monoisotopic (exact) mass is 276 g/mol. The maximum Gasteiger partial charge on any atom is 0.295 e. The van der Waals surface area contributed by atoms with Gasteiger partial charge in [0, 0.05) is 24.2 Å². The summed E-state index contributed by atoms with van der Waals surface area (Å²) in [6, 6.07) is 5.64. The lowest BCUT2D eigenvalue weighted by atomic mass is 10.0. The van der Waals surface area contributed by atoms with Crippen LogP contribution in [0.15, 0.2) is 22.6 Å². The number of nitro benzene ring substituents is 1. The van der Waals surface area contributed by atoms with E-state index in [1.165, 1.54) is 12.1 Å². The average molecular weight is 276 g/mol. The Morgan fingerprint density at radius 2 is 2.40 bits per heavy atom. The van der Waals surface area contributed by atoms with E-state index in [0.29, 0.717) is 29.2 Å². The lowest BCUT2D eigenvalue weighted by molar-refractivity contribution is -0.384. The minimum absolute atomic E-state index is 0.0211. The molecule has 7 nitrogen and oxygen atoms in total. The summed E-state index contributed by atoms with van der Waals surface area (Å²) < 4.78 is 5.58. The number of anilines is 1. The Hall–Kier alpha value is -2.15. The zero-order chi connectivity index (χ0) is 14.1. The zero-order valence-electron chi connectivity index (χ0n) is 11.1. The highest BCUT2D eigenvalue weighted by Crippen LogP contribution is 2.24. The highest BCUT2D eigenvalue weighted by molar-refractivity contribution is 5.77. The minimum atomic E-state index is -0.435. The number of hydrogen-bond acceptors (Lipinski definition) is 6. The predicted octanol–water partition coefficient (Wildman–Crippen LogP) is 2.29. The Bertz CT molecular complexity index is 640. The van der Waals surface area contributed by atoms with Crippen molar-refractivity contribution in [1.82, 2.24) is 10.3 Å². The van der Waals surface area contributed by atoms with Crippen LogP contribution in [0.1, 0.15) is 19.8 Å². The third-order valence-corrected chi connectivity index (χ3v) is 3.53. The highest BCUT2D eigenvalue weighted by Gasteiger charge is 2.20. The number of nitro groups is 1. The first kappa shape index (κ1) is 12.9. The molecule has 106 valence electrons. The van der Waals surface area contributed by atoms with Crippen molar-refractivity contribution in [2.75, 3.05) is 11.9 Å². The molecule has 2 unspecified atom stereocenters. The second-order valence-electron chi connectivity index (χ2n) is 5.15. The number of piperidine rings is 1. The van der Waals surface area contributed by atoms with Gasteiger partial charge in [0.15, 0.2) is 5.58 Å². The topological polar surface area (TPSA) is 93.2 Å². The Kier molecular flexibility index (Phi) is 3.27. The molecule has 1 aliphatic rings. The first-order valence-corrected chi connectivity index (χ1v) is 6.67. The summed E-state index contributed by atoms with van der Waals surface area (Å²) in [5.74, 6) is 0. The number of fused-ring (bicyclic) bond motifs is 1. The van der Waals surface area contributed by atoms with Gasteiger partial charge in [0.1, 0.15) is 5.52 Å². The number of rotatable bonds is 3. The average Bonchev–Trinajstić information content (AvgIpc) is 2.79. The van der Waals surface area contributed by atoms with E-state index < -0.39 is 4.92 Å². The third kappa shape index (κ3) is 2.57. The van der Waals surface area contributed by atoms with Gasteiger partial charge >= 0.3 is 0 Å². The molecule has 2 N–H and O–H groups in total. The summed E-state index contributed by atoms with van der Waals surface area (Å²) in [7, 11) is 0. The largest absolute Gasteiger partial charge is 0.424 e. The molecule has 1 fully saturated rings. The number of hydrogen-bond donors (Lipinski definition) is 2. The molecule has 0 saturated carbocycles. The molecule has 2 atom stereocenters. The molecular formula is C13H16N4O3. The highest BCUT2D eigenvalue weighted by atomic mass is 16.6. The van der Waals surface area contributed by atoms with Crippen molar-refractivity contribution in [2.24, 2.45) is 0 Å². The number of oxazole rings is 1. The Morgan fingerprint density at radius 1 is 1.55 bits per heavy atom. The maximum atomic E-state index is 10.7. The fourth-order valence-corrected chi connectivity index (χ4v) is 2.53. The molecule has 0 bridgehead atoms. The Labute approximate surface area is 115 Å². The summed E-state index contributed by atoms with van der Waals surface area (Å²) in [6.45, 7) is 3.10. The van der Waals surface area contributed by atoms with Crippen LogP contribution in [0.2, 0.25) is 0 Å². The Morgan fingerprint density at radius 3 is 3.15 bits per heavy atom. The van der Waals surface area contributed by atoms with Gasteiger partial charge in [-0.05, 0) is 32.4 Å². The molecule has 0 aliphatic carbocycles. The number of benzene rings is 1. The van der Waals surface area contributed by atoms with Crippen LogP contribution in [0.4, 0.5) is 11.7 Å². The van der Waals surface area contributed by atoms with Crippen molar-refractivity contribution in [3.8, 4) is 0 Å². The molecule has 7 heteroatoms. The van der Waals surface area contributed by atoms with Gasteiger partial charge in [-0.1, -0.05) is 0 Å². The molecule has 1 saturated heterocycles. The second-order valence-corrected chi connectivity index (χ2v) is 5.15. The lowest BCUT2D eigenvalue weighted by Crippen LogP contribution is -2.41. The molecule has 20 heavy (non-hydrogen) atoms. The number of aromatic nitrogens is 1. The van der Waals surface area contributed by atoms with Crippen LogP contribution in [0, 0.1) is 10.1 Å². The first-order chi connectivity index (χ1) is 9.61. The van der Waals surface area contributed by atoms with E-state index in [9.17, 15) is 10.1 Å².